The fourth-order valence-electron chi connectivity index (χ4n) is 3.85. The van der Waals surface area contributed by atoms with E-state index in [9.17, 15) is 0 Å². The molecule has 0 fully saturated rings. The molecule has 1 heterocycles. The van der Waals surface area contributed by atoms with Gasteiger partial charge < -0.3 is 0 Å². The third-order valence-electron chi connectivity index (χ3n) is 5.57. The van der Waals surface area contributed by atoms with Crippen molar-refractivity contribution in [1.29, 1.82) is 0 Å². The zero-order valence-electron chi connectivity index (χ0n) is 17.5. The van der Waals surface area contributed by atoms with Gasteiger partial charge in [-0.05, 0) is 36.6 Å². The Labute approximate surface area is 176 Å². The van der Waals surface area contributed by atoms with E-state index in [2.05, 4.69) is 47.3 Å². The number of halogens is 1. The van der Waals surface area contributed by atoms with Gasteiger partial charge in [0.25, 0.3) is 0 Å². The Balaban J connectivity index is 2.23. The standard InChI is InChI=1S/C24H43BrS/c1-3-5-7-9-11-13-16-22(15-12-10-8-6-4-2)18-19-23(25)21-24-17-14-20-26-24/h14,17,20,22-23H,3-13,15-16,18-19,21H2,1-2H3. The minimum absolute atomic E-state index is 0.660. The van der Waals surface area contributed by atoms with Crippen molar-refractivity contribution in [3.63, 3.8) is 0 Å². The van der Waals surface area contributed by atoms with E-state index in [1.165, 1.54) is 108 Å². The highest BCUT2D eigenvalue weighted by Crippen LogP contribution is 2.27. The van der Waals surface area contributed by atoms with Crippen LogP contribution in [0.5, 0.6) is 0 Å². The monoisotopic (exact) mass is 442 g/mol. The topological polar surface area (TPSA) is 0 Å². The molecule has 152 valence electrons. The summed E-state index contributed by atoms with van der Waals surface area (Å²) in [5.41, 5.74) is 0. The van der Waals surface area contributed by atoms with E-state index in [0.717, 1.165) is 5.92 Å². The number of hydrogen-bond donors (Lipinski definition) is 0. The molecule has 0 radical (unpaired) electrons. The molecular weight excluding hydrogens is 400 g/mol. The van der Waals surface area contributed by atoms with Crippen LogP contribution in [0.2, 0.25) is 0 Å². The lowest BCUT2D eigenvalue weighted by Crippen LogP contribution is -2.08. The summed E-state index contributed by atoms with van der Waals surface area (Å²) in [5, 5.41) is 2.20. The zero-order valence-corrected chi connectivity index (χ0v) is 19.9. The first-order valence-electron chi connectivity index (χ1n) is 11.4. The maximum Gasteiger partial charge on any atom is 0.0194 e. The number of alkyl halides is 1. The quantitative estimate of drug-likeness (QED) is 0.156. The van der Waals surface area contributed by atoms with Crippen molar-refractivity contribution in [2.24, 2.45) is 5.92 Å². The van der Waals surface area contributed by atoms with Crippen molar-refractivity contribution in [1.82, 2.24) is 0 Å². The molecule has 0 aliphatic carbocycles. The van der Waals surface area contributed by atoms with Crippen LogP contribution < -0.4 is 0 Å². The van der Waals surface area contributed by atoms with Crippen LogP contribution in [0, 0.1) is 5.92 Å². The fraction of sp³-hybridized carbons (Fsp3) is 0.833. The van der Waals surface area contributed by atoms with E-state index in [4.69, 9.17) is 0 Å². The second kappa shape index (κ2) is 17.3. The summed E-state index contributed by atoms with van der Waals surface area (Å²) in [5.74, 6) is 0.964. The molecule has 2 atom stereocenters. The van der Waals surface area contributed by atoms with E-state index in [-0.39, 0.29) is 0 Å². The minimum Gasteiger partial charge on any atom is -0.149 e. The highest BCUT2D eigenvalue weighted by atomic mass is 79.9. The van der Waals surface area contributed by atoms with Crippen LogP contribution in [0.1, 0.15) is 115 Å². The molecule has 1 aromatic rings. The molecule has 0 aromatic carbocycles. The lowest BCUT2D eigenvalue weighted by molar-refractivity contribution is 0.371. The van der Waals surface area contributed by atoms with Crippen molar-refractivity contribution in [2.75, 3.05) is 0 Å². The summed E-state index contributed by atoms with van der Waals surface area (Å²) in [4.78, 5) is 2.19. The number of thiophene rings is 1. The van der Waals surface area contributed by atoms with Gasteiger partial charge in [0.15, 0.2) is 0 Å². The average molecular weight is 444 g/mol. The average Bonchev–Trinajstić information content (AvgIpc) is 3.14. The Hall–Kier alpha value is 0.180. The Bertz CT molecular complexity index is 387. The molecule has 1 rings (SSSR count). The predicted octanol–water partition coefficient (Wildman–Crippen LogP) is 9.56. The molecule has 0 spiro atoms. The molecule has 0 saturated heterocycles. The largest absolute Gasteiger partial charge is 0.149 e. The molecule has 0 nitrogen and oxygen atoms in total. The molecule has 2 unspecified atom stereocenters. The summed E-state index contributed by atoms with van der Waals surface area (Å²) < 4.78 is 0. The van der Waals surface area contributed by atoms with Crippen LogP contribution in [-0.4, -0.2) is 4.83 Å². The molecule has 2 heteroatoms. The fourth-order valence-corrected chi connectivity index (χ4v) is 5.46. The highest BCUT2D eigenvalue weighted by molar-refractivity contribution is 9.09. The van der Waals surface area contributed by atoms with Gasteiger partial charge in [0.2, 0.25) is 0 Å². The first-order chi connectivity index (χ1) is 12.8. The SMILES string of the molecule is CCCCCCCCC(CCCCCCC)CCC(Br)Cc1cccs1. The summed E-state index contributed by atoms with van der Waals surface area (Å²) in [7, 11) is 0. The second-order valence-corrected chi connectivity index (χ2v) is 10.4. The molecule has 1 aromatic heterocycles. The number of rotatable bonds is 18. The van der Waals surface area contributed by atoms with Crippen molar-refractivity contribution >= 4 is 27.3 Å². The van der Waals surface area contributed by atoms with Crippen LogP contribution in [0.4, 0.5) is 0 Å². The Morgan fingerprint density at radius 2 is 1.35 bits per heavy atom. The van der Waals surface area contributed by atoms with Crippen LogP contribution in [-0.2, 0) is 6.42 Å². The summed E-state index contributed by atoms with van der Waals surface area (Å²) in [6, 6.07) is 4.46. The third-order valence-corrected chi connectivity index (χ3v) is 7.25. The molecule has 0 aliphatic heterocycles. The van der Waals surface area contributed by atoms with Gasteiger partial charge in [0.05, 0.1) is 0 Å². The first kappa shape index (κ1) is 24.2. The van der Waals surface area contributed by atoms with Gasteiger partial charge in [-0.15, -0.1) is 11.3 Å². The summed E-state index contributed by atoms with van der Waals surface area (Å²) in [6.07, 6.45) is 22.6. The normalized spacial score (nSPS) is 13.8. The van der Waals surface area contributed by atoms with E-state index in [1.807, 2.05) is 11.3 Å². The van der Waals surface area contributed by atoms with E-state index in [0.29, 0.717) is 4.83 Å². The second-order valence-electron chi connectivity index (χ2n) is 8.08. The highest BCUT2D eigenvalue weighted by Gasteiger charge is 2.13. The van der Waals surface area contributed by atoms with Gasteiger partial charge in [0.1, 0.15) is 0 Å². The number of hydrogen-bond acceptors (Lipinski definition) is 1. The Morgan fingerprint density at radius 1 is 0.769 bits per heavy atom. The van der Waals surface area contributed by atoms with E-state index in [1.54, 1.807) is 0 Å². The van der Waals surface area contributed by atoms with Crippen molar-refractivity contribution < 1.29 is 0 Å². The van der Waals surface area contributed by atoms with Crippen molar-refractivity contribution in [3.8, 4) is 0 Å². The zero-order chi connectivity index (χ0) is 18.9. The van der Waals surface area contributed by atoms with Crippen molar-refractivity contribution in [2.45, 2.75) is 121 Å². The predicted molar refractivity (Wildman–Crippen MR) is 125 cm³/mol. The van der Waals surface area contributed by atoms with Crippen LogP contribution >= 0.6 is 27.3 Å². The Kier molecular flexibility index (Phi) is 16.1. The Morgan fingerprint density at radius 3 is 1.88 bits per heavy atom. The van der Waals surface area contributed by atoms with Gasteiger partial charge in [-0.3, -0.25) is 0 Å². The summed E-state index contributed by atoms with van der Waals surface area (Å²) in [6.45, 7) is 4.62. The molecule has 26 heavy (non-hydrogen) atoms. The maximum absolute atomic E-state index is 3.95. The van der Waals surface area contributed by atoms with Gasteiger partial charge in [-0.2, -0.15) is 0 Å². The van der Waals surface area contributed by atoms with Gasteiger partial charge in [0, 0.05) is 9.70 Å². The maximum atomic E-state index is 3.95. The molecule has 0 amide bonds. The third kappa shape index (κ3) is 13.4. The molecule has 0 N–H and O–H groups in total. The van der Waals surface area contributed by atoms with Crippen molar-refractivity contribution in [3.05, 3.63) is 22.4 Å². The van der Waals surface area contributed by atoms with Crippen LogP contribution in [0.3, 0.4) is 0 Å². The van der Waals surface area contributed by atoms with Gasteiger partial charge in [-0.25, -0.2) is 0 Å². The lowest BCUT2D eigenvalue weighted by atomic mass is 9.89. The van der Waals surface area contributed by atoms with E-state index < -0.39 is 0 Å². The number of unbranched alkanes of at least 4 members (excludes halogenated alkanes) is 9. The molecular formula is C24H43BrS. The van der Waals surface area contributed by atoms with Gasteiger partial charge >= 0.3 is 0 Å². The molecule has 0 bridgehead atoms. The van der Waals surface area contributed by atoms with Gasteiger partial charge in [-0.1, -0.05) is 119 Å². The first-order valence-corrected chi connectivity index (χ1v) is 13.2. The summed E-state index contributed by atoms with van der Waals surface area (Å²) >= 11 is 5.85. The van der Waals surface area contributed by atoms with E-state index >= 15 is 0 Å². The lowest BCUT2D eigenvalue weighted by Gasteiger charge is -2.19. The smallest absolute Gasteiger partial charge is 0.0194 e. The van der Waals surface area contributed by atoms with Crippen LogP contribution in [0.25, 0.3) is 0 Å². The van der Waals surface area contributed by atoms with Crippen LogP contribution in [0.15, 0.2) is 17.5 Å². The molecule has 0 saturated carbocycles. The minimum atomic E-state index is 0.660. The molecule has 0 aliphatic rings.